The molecule has 8 nitrogen and oxygen atoms in total. The summed E-state index contributed by atoms with van der Waals surface area (Å²) in [6.45, 7) is 3.33. The third kappa shape index (κ3) is 2.94. The number of piperidine rings is 1. The largest absolute Gasteiger partial charge is 0.368 e. The molecule has 1 unspecified atom stereocenters. The van der Waals surface area contributed by atoms with Crippen molar-refractivity contribution in [1.82, 2.24) is 19.8 Å². The molecular weight excluding hydrogens is 382 g/mol. The van der Waals surface area contributed by atoms with E-state index in [2.05, 4.69) is 20.2 Å². The van der Waals surface area contributed by atoms with E-state index in [-0.39, 0.29) is 11.8 Å². The number of benzene rings is 1. The van der Waals surface area contributed by atoms with Crippen molar-refractivity contribution < 1.29 is 14.3 Å². The Morgan fingerprint density at radius 1 is 1.20 bits per heavy atom. The molecular formula is C22H27N5O3. The molecule has 30 heavy (non-hydrogen) atoms. The molecule has 4 heterocycles. The Hall–Kier alpha value is -2.71. The van der Waals surface area contributed by atoms with Crippen LogP contribution in [0.15, 0.2) is 36.8 Å². The zero-order valence-corrected chi connectivity index (χ0v) is 17.2. The molecule has 0 bridgehead atoms. The molecule has 2 fully saturated rings. The van der Waals surface area contributed by atoms with Gasteiger partial charge >= 0.3 is 0 Å². The van der Waals surface area contributed by atoms with E-state index in [0.717, 1.165) is 36.6 Å². The number of ether oxygens (including phenoxy) is 1. The van der Waals surface area contributed by atoms with Crippen molar-refractivity contribution in [3.63, 3.8) is 0 Å². The van der Waals surface area contributed by atoms with Gasteiger partial charge in [0.2, 0.25) is 5.91 Å². The van der Waals surface area contributed by atoms with Crippen LogP contribution in [0.25, 0.3) is 0 Å². The highest BCUT2D eigenvalue weighted by Crippen LogP contribution is 2.45. The molecule has 0 saturated carbocycles. The first kappa shape index (κ1) is 19.3. The number of hydrogen-bond acceptors (Lipinski definition) is 5. The zero-order valence-electron chi connectivity index (χ0n) is 17.2. The fourth-order valence-corrected chi connectivity index (χ4v) is 5.24. The lowest BCUT2D eigenvalue weighted by Gasteiger charge is -2.41. The second-order valence-electron chi connectivity index (χ2n) is 8.61. The SMILES string of the molecule is COC1(C(=O)N2CCC3(C2)C(=O)Nc2ccccc23)CCN(Cc2cnc[nH]2)CC1. The fourth-order valence-electron chi connectivity index (χ4n) is 5.24. The fraction of sp³-hybridized carbons (Fsp3) is 0.500. The number of carbonyl (C=O) groups excluding carboxylic acids is 2. The highest BCUT2D eigenvalue weighted by atomic mass is 16.5. The number of rotatable bonds is 4. The summed E-state index contributed by atoms with van der Waals surface area (Å²) < 4.78 is 5.85. The first-order chi connectivity index (χ1) is 14.6. The lowest BCUT2D eigenvalue weighted by molar-refractivity contribution is -0.160. The topological polar surface area (TPSA) is 90.6 Å². The maximum Gasteiger partial charge on any atom is 0.254 e. The van der Waals surface area contributed by atoms with Crippen LogP contribution < -0.4 is 5.32 Å². The number of methoxy groups -OCH3 is 1. The van der Waals surface area contributed by atoms with Gasteiger partial charge in [0, 0.05) is 57.4 Å². The van der Waals surface area contributed by atoms with Crippen LogP contribution in [-0.2, 0) is 26.3 Å². The smallest absolute Gasteiger partial charge is 0.254 e. The molecule has 0 radical (unpaired) electrons. The second-order valence-corrected chi connectivity index (χ2v) is 8.61. The number of para-hydroxylation sites is 1. The molecule has 2 aromatic rings. The zero-order chi connectivity index (χ0) is 20.8. The Morgan fingerprint density at radius 2 is 2.00 bits per heavy atom. The van der Waals surface area contributed by atoms with Crippen LogP contribution in [0, 0.1) is 0 Å². The van der Waals surface area contributed by atoms with Gasteiger partial charge in [0.25, 0.3) is 5.91 Å². The normalized spacial score (nSPS) is 25.5. The Balaban J connectivity index is 1.29. The number of amides is 2. The van der Waals surface area contributed by atoms with Gasteiger partial charge in [-0.2, -0.15) is 0 Å². The minimum Gasteiger partial charge on any atom is -0.368 e. The Morgan fingerprint density at radius 3 is 2.73 bits per heavy atom. The molecule has 1 aromatic carbocycles. The third-order valence-electron chi connectivity index (χ3n) is 7.08. The second kappa shape index (κ2) is 7.21. The standard InChI is InChI=1S/C22H27N5O3/c1-30-22(7-9-26(10-8-22)13-16-12-23-15-24-16)20(29)27-11-6-21(14-27)17-4-2-3-5-18(17)25-19(21)28/h2-5,12,15H,6-11,13-14H2,1H3,(H,23,24)(H,25,28). The van der Waals surface area contributed by atoms with Crippen LogP contribution in [0.4, 0.5) is 5.69 Å². The summed E-state index contributed by atoms with van der Waals surface area (Å²) in [6, 6.07) is 7.81. The number of nitrogens with one attached hydrogen (secondary N) is 2. The number of H-pyrrole nitrogens is 1. The number of fused-ring (bicyclic) bond motifs is 2. The molecule has 2 saturated heterocycles. The quantitative estimate of drug-likeness (QED) is 0.799. The number of anilines is 1. The van der Waals surface area contributed by atoms with Crippen molar-refractivity contribution in [2.45, 2.75) is 36.8 Å². The first-order valence-electron chi connectivity index (χ1n) is 10.5. The van der Waals surface area contributed by atoms with Crippen LogP contribution >= 0.6 is 0 Å². The van der Waals surface area contributed by atoms with Gasteiger partial charge < -0.3 is 19.9 Å². The molecule has 0 aliphatic carbocycles. The number of nitrogens with zero attached hydrogens (tertiary/aromatic N) is 3. The average molecular weight is 409 g/mol. The number of likely N-dealkylation sites (tertiary alicyclic amines) is 2. The van der Waals surface area contributed by atoms with E-state index < -0.39 is 11.0 Å². The highest BCUT2D eigenvalue weighted by Gasteiger charge is 2.54. The summed E-state index contributed by atoms with van der Waals surface area (Å²) in [5.41, 5.74) is 1.49. The molecule has 1 spiro atoms. The number of carbonyl (C=O) groups is 2. The van der Waals surface area contributed by atoms with Crippen LogP contribution in [0.3, 0.4) is 0 Å². The molecule has 8 heteroatoms. The van der Waals surface area contributed by atoms with Crippen molar-refractivity contribution in [3.8, 4) is 0 Å². The van der Waals surface area contributed by atoms with E-state index in [4.69, 9.17) is 4.74 Å². The van der Waals surface area contributed by atoms with Gasteiger partial charge in [-0.05, 0) is 30.9 Å². The summed E-state index contributed by atoms with van der Waals surface area (Å²) in [4.78, 5) is 37.8. The lowest BCUT2D eigenvalue weighted by atomic mass is 9.81. The Labute approximate surface area is 175 Å². The minimum absolute atomic E-state index is 0.000145. The first-order valence-corrected chi connectivity index (χ1v) is 10.5. The van der Waals surface area contributed by atoms with E-state index in [1.54, 1.807) is 13.4 Å². The molecule has 3 aliphatic rings. The van der Waals surface area contributed by atoms with Crippen LogP contribution in [0.2, 0.25) is 0 Å². The minimum atomic E-state index is -0.815. The number of aromatic amines is 1. The molecule has 2 amide bonds. The molecule has 158 valence electrons. The monoisotopic (exact) mass is 409 g/mol. The van der Waals surface area contributed by atoms with E-state index in [0.29, 0.717) is 32.4 Å². The van der Waals surface area contributed by atoms with E-state index in [1.807, 2.05) is 35.4 Å². The third-order valence-corrected chi connectivity index (χ3v) is 7.08. The van der Waals surface area contributed by atoms with Crippen molar-refractivity contribution in [3.05, 3.63) is 48.0 Å². The summed E-state index contributed by atoms with van der Waals surface area (Å²) in [5.74, 6) is 0.0140. The van der Waals surface area contributed by atoms with Gasteiger partial charge in [0.1, 0.15) is 5.60 Å². The van der Waals surface area contributed by atoms with Crippen molar-refractivity contribution >= 4 is 17.5 Å². The van der Waals surface area contributed by atoms with E-state index >= 15 is 0 Å². The maximum absolute atomic E-state index is 13.6. The van der Waals surface area contributed by atoms with Gasteiger partial charge in [0.05, 0.1) is 11.7 Å². The molecule has 1 aromatic heterocycles. The van der Waals surface area contributed by atoms with Crippen molar-refractivity contribution in [1.29, 1.82) is 0 Å². The lowest BCUT2D eigenvalue weighted by Crippen LogP contribution is -2.56. The Kier molecular flexibility index (Phi) is 4.63. The Bertz CT molecular complexity index is 951. The predicted molar refractivity (Wildman–Crippen MR) is 111 cm³/mol. The summed E-state index contributed by atoms with van der Waals surface area (Å²) >= 11 is 0. The van der Waals surface area contributed by atoms with Crippen LogP contribution in [0.5, 0.6) is 0 Å². The highest BCUT2D eigenvalue weighted by molar-refractivity contribution is 6.07. The summed E-state index contributed by atoms with van der Waals surface area (Å²) in [5, 5.41) is 3.00. The van der Waals surface area contributed by atoms with Gasteiger partial charge in [-0.1, -0.05) is 18.2 Å². The van der Waals surface area contributed by atoms with Crippen molar-refractivity contribution in [2.75, 3.05) is 38.6 Å². The van der Waals surface area contributed by atoms with Gasteiger partial charge in [0.15, 0.2) is 0 Å². The van der Waals surface area contributed by atoms with E-state index in [9.17, 15) is 9.59 Å². The molecule has 5 rings (SSSR count). The molecule has 2 N–H and O–H groups in total. The molecule has 3 aliphatic heterocycles. The van der Waals surface area contributed by atoms with Gasteiger partial charge in [-0.25, -0.2) is 4.98 Å². The van der Waals surface area contributed by atoms with Crippen LogP contribution in [-0.4, -0.2) is 70.5 Å². The van der Waals surface area contributed by atoms with Gasteiger partial charge in [-0.3, -0.25) is 14.5 Å². The van der Waals surface area contributed by atoms with Crippen molar-refractivity contribution in [2.24, 2.45) is 0 Å². The number of imidazole rings is 1. The molecule has 1 atom stereocenters. The summed E-state index contributed by atoms with van der Waals surface area (Å²) in [6.07, 6.45) is 5.44. The van der Waals surface area contributed by atoms with Crippen LogP contribution in [0.1, 0.15) is 30.5 Å². The number of aromatic nitrogens is 2. The van der Waals surface area contributed by atoms with Gasteiger partial charge in [-0.15, -0.1) is 0 Å². The average Bonchev–Trinajstić information content (AvgIpc) is 3.50. The predicted octanol–water partition coefficient (Wildman–Crippen LogP) is 1.51. The van der Waals surface area contributed by atoms with E-state index in [1.165, 1.54) is 0 Å². The number of hydrogen-bond donors (Lipinski definition) is 2. The summed E-state index contributed by atoms with van der Waals surface area (Å²) in [7, 11) is 1.63. The maximum atomic E-state index is 13.6.